The van der Waals surface area contributed by atoms with Crippen LogP contribution in [-0.4, -0.2) is 8.07 Å². The maximum absolute atomic E-state index is 2.47. The van der Waals surface area contributed by atoms with Crippen molar-refractivity contribution in [1.29, 1.82) is 0 Å². The number of benzene rings is 1. The lowest BCUT2D eigenvalue weighted by molar-refractivity contribution is 0.330. The smallest absolute Gasteiger partial charge is 0.0656 e. The van der Waals surface area contributed by atoms with Crippen LogP contribution in [0.5, 0.6) is 0 Å². The van der Waals surface area contributed by atoms with Crippen molar-refractivity contribution in [1.82, 2.24) is 0 Å². The van der Waals surface area contributed by atoms with Gasteiger partial charge < -0.3 is 0 Å². The van der Waals surface area contributed by atoms with Crippen LogP contribution in [0.3, 0.4) is 0 Å². The first-order valence-corrected chi connectivity index (χ1v) is 12.2. The third kappa shape index (κ3) is 4.77. The predicted molar refractivity (Wildman–Crippen MR) is 93.6 cm³/mol. The predicted octanol–water partition coefficient (Wildman–Crippen LogP) is 5.52. The molecule has 1 aromatic rings. The summed E-state index contributed by atoms with van der Waals surface area (Å²) in [4.78, 5) is 0. The van der Waals surface area contributed by atoms with Gasteiger partial charge in [-0.1, -0.05) is 94.0 Å². The molecule has 0 nitrogen and oxygen atoms in total. The first-order chi connectivity index (χ1) is 9.57. The molecule has 1 saturated carbocycles. The molecule has 0 bridgehead atoms. The largest absolute Gasteiger partial charge is 0.0779 e. The molecule has 0 heterocycles. The van der Waals surface area contributed by atoms with E-state index in [9.17, 15) is 0 Å². The Morgan fingerprint density at radius 2 is 1.65 bits per heavy atom. The minimum absolute atomic E-state index is 1.05. The first-order valence-electron chi connectivity index (χ1n) is 8.66. The molecular formula is C19H32Si. The zero-order chi connectivity index (χ0) is 14.4. The van der Waals surface area contributed by atoms with Gasteiger partial charge in [0.1, 0.15) is 0 Å². The van der Waals surface area contributed by atoms with Crippen molar-refractivity contribution in [2.24, 2.45) is 5.92 Å². The lowest BCUT2D eigenvalue weighted by Crippen LogP contribution is -2.40. The van der Waals surface area contributed by atoms with Gasteiger partial charge >= 0.3 is 0 Å². The Morgan fingerprint density at radius 1 is 0.950 bits per heavy atom. The van der Waals surface area contributed by atoms with Crippen LogP contribution in [0.1, 0.15) is 56.9 Å². The van der Waals surface area contributed by atoms with Gasteiger partial charge in [0.25, 0.3) is 0 Å². The van der Waals surface area contributed by atoms with Crippen LogP contribution >= 0.6 is 0 Å². The molecule has 1 fully saturated rings. The first kappa shape index (κ1) is 15.8. The summed E-state index contributed by atoms with van der Waals surface area (Å²) < 4.78 is 0. The summed E-state index contributed by atoms with van der Waals surface area (Å²) in [6.07, 6.45) is 13.1. The normalized spacial score (nSPS) is 17.4. The van der Waals surface area contributed by atoms with Crippen molar-refractivity contribution in [2.45, 2.75) is 77.4 Å². The molecule has 1 aliphatic rings. The molecule has 0 spiro atoms. The van der Waals surface area contributed by atoms with E-state index in [4.69, 9.17) is 0 Å². The molecule has 0 saturated heterocycles. The molecular weight excluding hydrogens is 256 g/mol. The fraction of sp³-hybridized carbons (Fsp3) is 0.684. The van der Waals surface area contributed by atoms with Gasteiger partial charge in [-0.3, -0.25) is 0 Å². The average Bonchev–Trinajstić information content (AvgIpc) is 2.44. The Kier molecular flexibility index (Phi) is 5.89. The van der Waals surface area contributed by atoms with Gasteiger partial charge in [0.2, 0.25) is 0 Å². The Morgan fingerprint density at radius 3 is 2.35 bits per heavy atom. The zero-order valence-electron chi connectivity index (χ0n) is 13.8. The van der Waals surface area contributed by atoms with Gasteiger partial charge in [0, 0.05) is 0 Å². The second kappa shape index (κ2) is 7.45. The van der Waals surface area contributed by atoms with E-state index in [0.29, 0.717) is 0 Å². The fourth-order valence-corrected chi connectivity index (χ4v) is 5.46. The summed E-state index contributed by atoms with van der Waals surface area (Å²) in [5.74, 6) is 1.05. The summed E-state index contributed by atoms with van der Waals surface area (Å²) >= 11 is 0. The topological polar surface area (TPSA) is 0 Å². The Bertz CT molecular complexity index is 396. The quantitative estimate of drug-likeness (QED) is 0.477. The molecule has 0 radical (unpaired) electrons. The lowest BCUT2D eigenvalue weighted by Gasteiger charge is -2.22. The summed E-state index contributed by atoms with van der Waals surface area (Å²) in [7, 11) is -1.17. The third-order valence-electron chi connectivity index (χ3n) is 4.86. The highest BCUT2D eigenvalue weighted by molar-refractivity contribution is 6.89. The van der Waals surface area contributed by atoms with Crippen LogP contribution in [0.2, 0.25) is 19.6 Å². The van der Waals surface area contributed by atoms with Crippen molar-refractivity contribution in [3.8, 4) is 0 Å². The van der Waals surface area contributed by atoms with Crippen LogP contribution in [0.4, 0.5) is 0 Å². The van der Waals surface area contributed by atoms with Crippen LogP contribution in [0.25, 0.3) is 0 Å². The van der Waals surface area contributed by atoms with Crippen LogP contribution in [0, 0.1) is 5.92 Å². The number of unbranched alkanes of at least 4 members (excludes halogenated alkanes) is 1. The van der Waals surface area contributed by atoms with Crippen LogP contribution in [-0.2, 0) is 6.42 Å². The lowest BCUT2D eigenvalue weighted by atomic mass is 9.85. The van der Waals surface area contributed by atoms with Gasteiger partial charge in [-0.15, -0.1) is 0 Å². The van der Waals surface area contributed by atoms with Crippen LogP contribution < -0.4 is 5.19 Å². The second-order valence-corrected chi connectivity index (χ2v) is 12.7. The molecule has 1 heteroatoms. The summed E-state index contributed by atoms with van der Waals surface area (Å²) in [5, 5.41) is 1.68. The highest BCUT2D eigenvalue weighted by Gasteiger charge is 2.19. The number of aryl methyl sites for hydroxylation is 1. The average molecular weight is 289 g/mol. The molecule has 0 atom stereocenters. The SMILES string of the molecule is C[Si](C)(C)c1ccccc1CCCCC1CCCCC1. The molecule has 2 rings (SSSR count). The van der Waals surface area contributed by atoms with Crippen molar-refractivity contribution >= 4 is 13.3 Å². The Hall–Kier alpha value is -0.563. The Balaban J connectivity index is 1.79. The van der Waals surface area contributed by atoms with E-state index in [1.54, 1.807) is 10.8 Å². The van der Waals surface area contributed by atoms with Crippen molar-refractivity contribution in [3.63, 3.8) is 0 Å². The minimum atomic E-state index is -1.17. The van der Waals surface area contributed by atoms with E-state index in [2.05, 4.69) is 43.9 Å². The van der Waals surface area contributed by atoms with Crippen molar-refractivity contribution in [2.75, 3.05) is 0 Å². The summed E-state index contributed by atoms with van der Waals surface area (Å²) in [6, 6.07) is 9.19. The highest BCUT2D eigenvalue weighted by Crippen LogP contribution is 2.27. The van der Waals surface area contributed by atoms with E-state index in [1.165, 1.54) is 57.8 Å². The third-order valence-corrected chi connectivity index (χ3v) is 6.96. The summed E-state index contributed by atoms with van der Waals surface area (Å²) in [6.45, 7) is 7.40. The van der Waals surface area contributed by atoms with Crippen molar-refractivity contribution in [3.05, 3.63) is 29.8 Å². The monoisotopic (exact) mass is 288 g/mol. The van der Waals surface area contributed by atoms with Gasteiger partial charge in [-0.2, -0.15) is 0 Å². The van der Waals surface area contributed by atoms with E-state index >= 15 is 0 Å². The molecule has 0 unspecified atom stereocenters. The second-order valence-electron chi connectivity index (χ2n) is 7.66. The summed E-state index contributed by atoms with van der Waals surface area (Å²) in [5.41, 5.74) is 1.63. The minimum Gasteiger partial charge on any atom is -0.0656 e. The number of hydrogen-bond acceptors (Lipinski definition) is 0. The number of rotatable bonds is 6. The molecule has 0 N–H and O–H groups in total. The van der Waals surface area contributed by atoms with Gasteiger partial charge in [-0.05, 0) is 24.3 Å². The fourth-order valence-electron chi connectivity index (χ4n) is 3.69. The van der Waals surface area contributed by atoms with Gasteiger partial charge in [0.05, 0.1) is 8.07 Å². The highest BCUT2D eigenvalue weighted by atomic mass is 28.3. The molecule has 0 aliphatic heterocycles. The number of hydrogen-bond donors (Lipinski definition) is 0. The molecule has 20 heavy (non-hydrogen) atoms. The maximum Gasteiger partial charge on any atom is 0.0779 e. The van der Waals surface area contributed by atoms with Crippen LogP contribution in [0.15, 0.2) is 24.3 Å². The standard InChI is InChI=1S/C19H32Si/c1-20(2,3)19-16-10-9-15-18(19)14-8-7-13-17-11-5-4-6-12-17/h9-10,15-17H,4-8,11-14H2,1-3H3. The molecule has 0 amide bonds. The maximum atomic E-state index is 2.47. The molecule has 1 aliphatic carbocycles. The molecule has 112 valence electrons. The Labute approximate surface area is 127 Å². The van der Waals surface area contributed by atoms with Gasteiger partial charge in [0.15, 0.2) is 0 Å². The van der Waals surface area contributed by atoms with E-state index in [0.717, 1.165) is 5.92 Å². The van der Waals surface area contributed by atoms with Gasteiger partial charge in [-0.25, -0.2) is 0 Å². The van der Waals surface area contributed by atoms with E-state index in [-0.39, 0.29) is 0 Å². The van der Waals surface area contributed by atoms with E-state index in [1.807, 2.05) is 0 Å². The zero-order valence-corrected chi connectivity index (χ0v) is 14.8. The van der Waals surface area contributed by atoms with Crippen molar-refractivity contribution < 1.29 is 0 Å². The molecule has 1 aromatic carbocycles. The van der Waals surface area contributed by atoms with E-state index < -0.39 is 8.07 Å². The molecule has 0 aromatic heterocycles.